The lowest BCUT2D eigenvalue weighted by Crippen LogP contribution is -2.30. The van der Waals surface area contributed by atoms with Crippen LogP contribution in [0.15, 0.2) is 108 Å². The van der Waals surface area contributed by atoms with Gasteiger partial charge in [0.05, 0.1) is 12.3 Å². The molecule has 2 amide bonds. The van der Waals surface area contributed by atoms with Crippen molar-refractivity contribution in [3.8, 4) is 11.5 Å². The van der Waals surface area contributed by atoms with E-state index in [0.717, 1.165) is 28.3 Å². The number of benzene rings is 4. The number of anilines is 1. The minimum Gasteiger partial charge on any atom is -0.457 e. The zero-order valence-electron chi connectivity index (χ0n) is 18.6. The first-order valence-corrected chi connectivity index (χ1v) is 11.8. The van der Waals surface area contributed by atoms with Gasteiger partial charge in [0.15, 0.2) is 0 Å². The van der Waals surface area contributed by atoms with Crippen LogP contribution in [0.5, 0.6) is 11.5 Å². The van der Waals surface area contributed by atoms with Crippen LogP contribution in [0.25, 0.3) is 0 Å². The summed E-state index contributed by atoms with van der Waals surface area (Å²) in [4.78, 5) is 13.0. The van der Waals surface area contributed by atoms with Crippen molar-refractivity contribution in [2.24, 2.45) is 5.10 Å². The Balaban J connectivity index is 1.40. The number of amides is 2. The van der Waals surface area contributed by atoms with Gasteiger partial charge in [-0.15, -0.1) is 0 Å². The number of nitrogens with zero attached hydrogens (tertiary/aromatic N) is 2. The van der Waals surface area contributed by atoms with E-state index >= 15 is 0 Å². The molecule has 0 aliphatic carbocycles. The normalized spacial score (nSPS) is 15.0. The molecule has 1 N–H and O–H groups in total. The maximum Gasteiger partial charge on any atom is 0.342 e. The van der Waals surface area contributed by atoms with E-state index in [4.69, 9.17) is 33.0 Å². The molecule has 1 unspecified atom stereocenters. The summed E-state index contributed by atoms with van der Waals surface area (Å²) < 4.78 is 5.92. The predicted molar refractivity (Wildman–Crippen MR) is 141 cm³/mol. The Hall–Kier alpha value is -3.80. The lowest BCUT2D eigenvalue weighted by molar-refractivity contribution is 0.218. The molecule has 0 aromatic heterocycles. The molecule has 174 valence electrons. The van der Waals surface area contributed by atoms with Crippen molar-refractivity contribution in [1.29, 1.82) is 0 Å². The predicted octanol–water partition coefficient (Wildman–Crippen LogP) is 7.82. The van der Waals surface area contributed by atoms with E-state index in [1.54, 1.807) is 24.3 Å². The minimum absolute atomic E-state index is 0.107. The molecule has 0 spiro atoms. The number of carbonyl (C=O) groups excluding carboxylic acids is 1. The summed E-state index contributed by atoms with van der Waals surface area (Å²) in [6.45, 7) is 0.401. The van der Waals surface area contributed by atoms with Crippen molar-refractivity contribution in [2.75, 3.05) is 11.9 Å². The lowest BCUT2D eigenvalue weighted by atomic mass is 9.90. The van der Waals surface area contributed by atoms with Gasteiger partial charge in [-0.2, -0.15) is 5.10 Å². The third kappa shape index (κ3) is 5.48. The van der Waals surface area contributed by atoms with E-state index in [1.807, 2.05) is 78.9 Å². The number of nitrogens with one attached hydrogen (secondary N) is 1. The highest BCUT2D eigenvalue weighted by atomic mass is 35.5. The number of para-hydroxylation sites is 1. The molecule has 1 aliphatic rings. The third-order valence-corrected chi connectivity index (χ3v) is 6.15. The zero-order chi connectivity index (χ0) is 24.2. The number of halogens is 2. The number of ether oxygens (including phenoxy) is 1. The van der Waals surface area contributed by atoms with Crippen LogP contribution in [0.4, 0.5) is 10.5 Å². The van der Waals surface area contributed by atoms with Crippen molar-refractivity contribution in [3.63, 3.8) is 0 Å². The summed E-state index contributed by atoms with van der Waals surface area (Å²) in [6, 6.07) is 31.6. The van der Waals surface area contributed by atoms with E-state index < -0.39 is 0 Å². The highest BCUT2D eigenvalue weighted by molar-refractivity contribution is 6.30. The maximum absolute atomic E-state index is 13.0. The molecule has 0 radical (unpaired) electrons. The summed E-state index contributed by atoms with van der Waals surface area (Å²) in [5.41, 5.74) is 3.38. The molecule has 4 aromatic carbocycles. The van der Waals surface area contributed by atoms with Crippen LogP contribution in [0.3, 0.4) is 0 Å². The summed E-state index contributed by atoms with van der Waals surface area (Å²) in [5.74, 6) is 1.38. The SMILES string of the molecule is O=C(Nc1ccc(Cl)cc1)N1CC(c2ccc(Cl)cc2)C(c2ccc(Oc3ccccc3)cc2)=N1. The highest BCUT2D eigenvalue weighted by Crippen LogP contribution is 2.31. The van der Waals surface area contributed by atoms with Crippen LogP contribution in [-0.4, -0.2) is 23.3 Å². The topological polar surface area (TPSA) is 53.9 Å². The second kappa shape index (κ2) is 10.2. The molecule has 1 heterocycles. The Kier molecular flexibility index (Phi) is 6.70. The maximum atomic E-state index is 13.0. The Morgan fingerprint density at radius 1 is 0.800 bits per heavy atom. The largest absolute Gasteiger partial charge is 0.457 e. The van der Waals surface area contributed by atoms with E-state index in [2.05, 4.69) is 5.32 Å². The van der Waals surface area contributed by atoms with Crippen molar-refractivity contribution >= 4 is 40.6 Å². The Morgan fingerprint density at radius 2 is 1.40 bits per heavy atom. The molecule has 35 heavy (non-hydrogen) atoms. The van der Waals surface area contributed by atoms with Gasteiger partial charge in [0, 0.05) is 21.7 Å². The van der Waals surface area contributed by atoms with Gasteiger partial charge in [0.1, 0.15) is 11.5 Å². The minimum atomic E-state index is -0.315. The first-order chi connectivity index (χ1) is 17.0. The molecule has 0 bridgehead atoms. The van der Waals surface area contributed by atoms with Crippen LogP contribution in [0, 0.1) is 0 Å². The Morgan fingerprint density at radius 3 is 2.06 bits per heavy atom. The van der Waals surface area contributed by atoms with Gasteiger partial charge in [0.2, 0.25) is 0 Å². The van der Waals surface area contributed by atoms with Gasteiger partial charge < -0.3 is 10.1 Å². The molecule has 7 heteroatoms. The number of urea groups is 1. The fraction of sp³-hybridized carbons (Fsp3) is 0.0714. The zero-order valence-corrected chi connectivity index (χ0v) is 20.1. The molecular weight excluding hydrogens is 481 g/mol. The first kappa shape index (κ1) is 23.0. The number of hydrazone groups is 1. The number of hydrogen-bond acceptors (Lipinski definition) is 3. The second-order valence-corrected chi connectivity index (χ2v) is 8.92. The molecule has 0 saturated carbocycles. The number of rotatable bonds is 5. The third-order valence-electron chi connectivity index (χ3n) is 5.65. The monoisotopic (exact) mass is 501 g/mol. The van der Waals surface area contributed by atoms with Crippen LogP contribution in [0.1, 0.15) is 17.0 Å². The average molecular weight is 502 g/mol. The smallest absolute Gasteiger partial charge is 0.342 e. The van der Waals surface area contributed by atoms with Crippen LogP contribution < -0.4 is 10.1 Å². The summed E-state index contributed by atoms with van der Waals surface area (Å²) in [7, 11) is 0. The van der Waals surface area contributed by atoms with Gasteiger partial charge in [-0.1, -0.05) is 53.5 Å². The molecular formula is C28H21Cl2N3O2. The fourth-order valence-electron chi connectivity index (χ4n) is 3.89. The molecule has 5 rings (SSSR count). The molecule has 1 aliphatic heterocycles. The fourth-order valence-corrected chi connectivity index (χ4v) is 4.14. The molecule has 5 nitrogen and oxygen atoms in total. The van der Waals surface area contributed by atoms with Gasteiger partial charge in [-0.3, -0.25) is 0 Å². The Labute approximate surface area is 213 Å². The van der Waals surface area contributed by atoms with Crippen LogP contribution >= 0.6 is 23.2 Å². The quantitative estimate of drug-likeness (QED) is 0.303. The molecule has 1 atom stereocenters. The Bertz CT molecular complexity index is 1340. The van der Waals surface area contributed by atoms with E-state index in [-0.39, 0.29) is 11.9 Å². The number of carbonyl (C=O) groups is 1. The first-order valence-electron chi connectivity index (χ1n) is 11.1. The van der Waals surface area contributed by atoms with Gasteiger partial charge in [-0.05, 0) is 83.9 Å². The number of hydrogen-bond donors (Lipinski definition) is 1. The summed E-state index contributed by atoms with van der Waals surface area (Å²) in [6.07, 6.45) is 0. The molecule has 0 saturated heterocycles. The van der Waals surface area contributed by atoms with Crippen molar-refractivity contribution in [1.82, 2.24) is 5.01 Å². The van der Waals surface area contributed by atoms with E-state index in [0.29, 0.717) is 22.3 Å². The summed E-state index contributed by atoms with van der Waals surface area (Å²) >= 11 is 12.1. The van der Waals surface area contributed by atoms with Gasteiger partial charge >= 0.3 is 6.03 Å². The van der Waals surface area contributed by atoms with Crippen LogP contribution in [0.2, 0.25) is 10.0 Å². The molecule has 0 fully saturated rings. The van der Waals surface area contributed by atoms with Gasteiger partial charge in [0.25, 0.3) is 0 Å². The molecule has 4 aromatic rings. The van der Waals surface area contributed by atoms with Crippen molar-refractivity contribution < 1.29 is 9.53 Å². The average Bonchev–Trinajstić information content (AvgIpc) is 3.33. The lowest BCUT2D eigenvalue weighted by Gasteiger charge is -2.16. The van der Waals surface area contributed by atoms with E-state index in [9.17, 15) is 4.79 Å². The van der Waals surface area contributed by atoms with Gasteiger partial charge in [-0.25, -0.2) is 9.80 Å². The second-order valence-electron chi connectivity index (χ2n) is 8.05. The highest BCUT2D eigenvalue weighted by Gasteiger charge is 2.32. The van der Waals surface area contributed by atoms with E-state index in [1.165, 1.54) is 5.01 Å². The van der Waals surface area contributed by atoms with Crippen molar-refractivity contribution in [2.45, 2.75) is 5.92 Å². The summed E-state index contributed by atoms with van der Waals surface area (Å²) in [5, 5.41) is 10.3. The van der Waals surface area contributed by atoms with Crippen LogP contribution in [-0.2, 0) is 0 Å². The standard InChI is InChI=1S/C28H21Cl2N3O2/c29-21-10-6-19(7-11-21)26-18-33(28(34)31-23-14-12-22(30)13-15-23)32-27(26)20-8-16-25(17-9-20)35-24-4-2-1-3-5-24/h1-17,26H,18H2,(H,31,34). The van der Waals surface area contributed by atoms with Crippen molar-refractivity contribution in [3.05, 3.63) is 124 Å².